The van der Waals surface area contributed by atoms with Crippen molar-refractivity contribution < 1.29 is 14.3 Å². The van der Waals surface area contributed by atoms with Crippen LogP contribution in [-0.2, 0) is 9.59 Å². The van der Waals surface area contributed by atoms with Gasteiger partial charge in [-0.25, -0.2) is 0 Å². The fraction of sp³-hybridized carbons (Fsp3) is 0.250. The minimum Gasteiger partial charge on any atom is -0.490 e. The van der Waals surface area contributed by atoms with Crippen LogP contribution >= 0.6 is 11.6 Å². The van der Waals surface area contributed by atoms with Gasteiger partial charge in [-0.3, -0.25) is 14.5 Å². The van der Waals surface area contributed by atoms with E-state index in [2.05, 4.69) is 6.58 Å². The third-order valence-electron chi connectivity index (χ3n) is 5.41. The van der Waals surface area contributed by atoms with Crippen molar-refractivity contribution in [3.63, 3.8) is 0 Å². The van der Waals surface area contributed by atoms with Crippen molar-refractivity contribution in [2.24, 2.45) is 0 Å². The van der Waals surface area contributed by atoms with Gasteiger partial charge in [-0.2, -0.15) is 0 Å². The van der Waals surface area contributed by atoms with Crippen LogP contribution in [0.15, 0.2) is 72.5 Å². The van der Waals surface area contributed by atoms with Crippen LogP contribution in [-0.4, -0.2) is 18.3 Å². The largest absolute Gasteiger partial charge is 0.490 e. The van der Waals surface area contributed by atoms with E-state index in [0.717, 1.165) is 34.7 Å². The Bertz CT molecular complexity index is 976. The number of nitrogens with zero attached hydrogens (tertiary/aromatic N) is 1. The maximum atomic E-state index is 13.1. The summed E-state index contributed by atoms with van der Waals surface area (Å²) in [5.41, 5.74) is 3.32. The molecule has 0 radical (unpaired) electrons. The smallest absolute Gasteiger partial charge is 0.232 e. The van der Waals surface area contributed by atoms with Gasteiger partial charge >= 0.3 is 0 Å². The molecule has 4 rings (SSSR count). The van der Waals surface area contributed by atoms with Gasteiger partial charge in [0.05, 0.1) is 0 Å². The molecule has 1 amide bonds. The van der Waals surface area contributed by atoms with Crippen molar-refractivity contribution in [2.45, 2.75) is 31.6 Å². The zero-order valence-electron chi connectivity index (χ0n) is 16.1. The molecule has 0 fully saturated rings. The second kappa shape index (κ2) is 8.26. The fourth-order valence-corrected chi connectivity index (χ4v) is 4.24. The molecule has 148 valence electrons. The van der Waals surface area contributed by atoms with Gasteiger partial charge in [0.25, 0.3) is 0 Å². The van der Waals surface area contributed by atoms with E-state index in [1.165, 1.54) is 0 Å². The van der Waals surface area contributed by atoms with Crippen molar-refractivity contribution in [3.05, 3.63) is 83.0 Å². The van der Waals surface area contributed by atoms with Crippen LogP contribution in [0, 0.1) is 0 Å². The van der Waals surface area contributed by atoms with Crippen LogP contribution in [0.2, 0.25) is 5.02 Å². The molecule has 29 heavy (non-hydrogen) atoms. The van der Waals surface area contributed by atoms with E-state index in [1.807, 2.05) is 36.4 Å². The Morgan fingerprint density at radius 2 is 1.79 bits per heavy atom. The van der Waals surface area contributed by atoms with Crippen LogP contribution in [0.4, 0.5) is 5.69 Å². The topological polar surface area (TPSA) is 46.6 Å². The quantitative estimate of drug-likeness (QED) is 0.620. The first-order chi connectivity index (χ1) is 14.1. The first kappa shape index (κ1) is 19.5. The second-order valence-electron chi connectivity index (χ2n) is 7.27. The molecule has 1 unspecified atom stereocenters. The number of carbonyl (C=O) groups is 2. The second-order valence-corrected chi connectivity index (χ2v) is 7.70. The SMILES string of the molecule is C=CCOc1ccc(C2CC(=O)N(c3ccc(Cl)cc3)C3=C2C(=O)CCC3)cc1. The molecule has 0 aromatic heterocycles. The van der Waals surface area contributed by atoms with E-state index in [-0.39, 0.29) is 24.0 Å². The first-order valence-corrected chi connectivity index (χ1v) is 10.1. The van der Waals surface area contributed by atoms with Crippen molar-refractivity contribution in [3.8, 4) is 5.75 Å². The minimum atomic E-state index is -0.220. The van der Waals surface area contributed by atoms with Crippen LogP contribution < -0.4 is 9.64 Å². The summed E-state index contributed by atoms with van der Waals surface area (Å²) in [6.45, 7) is 4.08. The van der Waals surface area contributed by atoms with Gasteiger partial charge in [-0.05, 0) is 54.8 Å². The summed E-state index contributed by atoms with van der Waals surface area (Å²) in [5.74, 6) is 0.650. The number of ketones is 1. The number of Topliss-reactive ketones (excluding diaryl/α,β-unsaturated/α-hetero) is 1. The number of carbonyl (C=O) groups excluding carboxylic acids is 2. The number of benzene rings is 2. The molecule has 0 N–H and O–H groups in total. The molecule has 2 aliphatic rings. The summed E-state index contributed by atoms with van der Waals surface area (Å²) in [5, 5.41) is 0.615. The molecule has 2 aromatic rings. The highest BCUT2D eigenvalue weighted by Gasteiger charge is 2.39. The Hall–Kier alpha value is -2.85. The highest BCUT2D eigenvalue weighted by Crippen LogP contribution is 2.43. The molecule has 0 bridgehead atoms. The number of anilines is 1. The van der Waals surface area contributed by atoms with Gasteiger partial charge in [0, 0.05) is 40.7 Å². The summed E-state index contributed by atoms with van der Waals surface area (Å²) in [4.78, 5) is 27.8. The number of rotatable bonds is 5. The fourth-order valence-electron chi connectivity index (χ4n) is 4.12. The zero-order chi connectivity index (χ0) is 20.4. The lowest BCUT2D eigenvalue weighted by atomic mass is 9.77. The van der Waals surface area contributed by atoms with Gasteiger partial charge in [-0.15, -0.1) is 0 Å². The Morgan fingerprint density at radius 3 is 2.48 bits per heavy atom. The van der Waals surface area contributed by atoms with Gasteiger partial charge in [-0.1, -0.05) is 36.4 Å². The van der Waals surface area contributed by atoms with E-state index < -0.39 is 0 Å². The van der Waals surface area contributed by atoms with Crippen LogP contribution in [0.3, 0.4) is 0 Å². The molecule has 0 saturated heterocycles. The number of hydrogen-bond donors (Lipinski definition) is 0. The molecule has 2 aromatic carbocycles. The van der Waals surface area contributed by atoms with Crippen molar-refractivity contribution in [2.75, 3.05) is 11.5 Å². The molecule has 1 aliphatic heterocycles. The predicted molar refractivity (Wildman–Crippen MR) is 114 cm³/mol. The minimum absolute atomic E-state index is 0.00208. The Labute approximate surface area is 175 Å². The summed E-state index contributed by atoms with van der Waals surface area (Å²) >= 11 is 6.01. The predicted octanol–water partition coefficient (Wildman–Crippen LogP) is 5.43. The lowest BCUT2D eigenvalue weighted by molar-refractivity contribution is -0.119. The maximum absolute atomic E-state index is 13.1. The third kappa shape index (κ3) is 3.85. The Kier molecular flexibility index (Phi) is 5.54. The van der Waals surface area contributed by atoms with Gasteiger partial charge in [0.2, 0.25) is 5.91 Å². The van der Waals surface area contributed by atoms with E-state index >= 15 is 0 Å². The van der Waals surface area contributed by atoms with Gasteiger partial charge < -0.3 is 4.74 Å². The van der Waals surface area contributed by atoms with E-state index in [0.29, 0.717) is 24.5 Å². The van der Waals surface area contributed by atoms with Gasteiger partial charge in [0.15, 0.2) is 5.78 Å². The maximum Gasteiger partial charge on any atom is 0.232 e. The van der Waals surface area contributed by atoms with E-state index in [9.17, 15) is 9.59 Å². The normalized spacial score (nSPS) is 19.2. The highest BCUT2D eigenvalue weighted by molar-refractivity contribution is 6.30. The molecule has 1 heterocycles. The van der Waals surface area contributed by atoms with E-state index in [4.69, 9.17) is 16.3 Å². The van der Waals surface area contributed by atoms with Crippen LogP contribution in [0.1, 0.15) is 37.2 Å². The number of amides is 1. The average Bonchev–Trinajstić information content (AvgIpc) is 2.73. The highest BCUT2D eigenvalue weighted by atomic mass is 35.5. The van der Waals surface area contributed by atoms with Crippen LogP contribution in [0.5, 0.6) is 5.75 Å². The summed E-state index contributed by atoms with van der Waals surface area (Å²) < 4.78 is 5.55. The molecule has 0 saturated carbocycles. The monoisotopic (exact) mass is 407 g/mol. The van der Waals surface area contributed by atoms with E-state index in [1.54, 1.807) is 23.1 Å². The molecule has 4 nitrogen and oxygen atoms in total. The van der Waals surface area contributed by atoms with Crippen molar-refractivity contribution in [1.82, 2.24) is 0 Å². The number of allylic oxidation sites excluding steroid dienone is 2. The molecule has 0 spiro atoms. The van der Waals surface area contributed by atoms with Crippen molar-refractivity contribution in [1.29, 1.82) is 0 Å². The number of halogens is 1. The molecule has 5 heteroatoms. The Morgan fingerprint density at radius 1 is 1.07 bits per heavy atom. The third-order valence-corrected chi connectivity index (χ3v) is 5.66. The molecular weight excluding hydrogens is 386 g/mol. The Balaban J connectivity index is 1.74. The zero-order valence-corrected chi connectivity index (χ0v) is 16.8. The summed E-state index contributed by atoms with van der Waals surface area (Å²) in [7, 11) is 0. The first-order valence-electron chi connectivity index (χ1n) is 9.77. The lowest BCUT2D eigenvalue weighted by Gasteiger charge is -2.38. The lowest BCUT2D eigenvalue weighted by Crippen LogP contribution is -2.40. The summed E-state index contributed by atoms with van der Waals surface area (Å²) in [6, 6.07) is 14.8. The summed E-state index contributed by atoms with van der Waals surface area (Å²) in [6.07, 6.45) is 3.96. The van der Waals surface area contributed by atoms with Gasteiger partial charge in [0.1, 0.15) is 12.4 Å². The number of ether oxygens (including phenoxy) is 1. The van der Waals surface area contributed by atoms with Crippen molar-refractivity contribution >= 4 is 29.0 Å². The average molecular weight is 408 g/mol. The van der Waals surface area contributed by atoms with Crippen LogP contribution in [0.25, 0.3) is 0 Å². The molecule has 1 atom stereocenters. The number of hydrogen-bond acceptors (Lipinski definition) is 3. The molecule has 1 aliphatic carbocycles. The molecular formula is C24H22ClNO3. The standard InChI is InChI=1S/C24H22ClNO3/c1-2-14-29-19-12-6-16(7-13-19)20-15-23(28)26(18-10-8-17(25)9-11-18)21-4-3-5-22(27)24(20)21/h2,6-13,20H,1,3-5,14-15H2.